The van der Waals surface area contributed by atoms with Gasteiger partial charge in [-0.1, -0.05) is 12.1 Å². The Balaban J connectivity index is 1.96. The summed E-state index contributed by atoms with van der Waals surface area (Å²) in [7, 11) is 3.96. The molecular weight excluding hydrogens is 298 g/mol. The highest BCUT2D eigenvalue weighted by molar-refractivity contribution is 7.09. The molecule has 1 aromatic heterocycles. The van der Waals surface area contributed by atoms with Crippen LogP contribution in [0, 0.1) is 0 Å². The van der Waals surface area contributed by atoms with E-state index in [0.29, 0.717) is 11.3 Å². The lowest BCUT2D eigenvalue weighted by atomic mass is 10.1. The average molecular weight is 317 g/mol. The molecule has 0 bridgehead atoms. The number of hydrogen-bond acceptors (Lipinski definition) is 5. The molecule has 116 valence electrons. The molecule has 0 aliphatic carbocycles. The van der Waals surface area contributed by atoms with E-state index in [1.807, 2.05) is 24.4 Å². The molecule has 2 aromatic rings. The first-order valence-corrected chi connectivity index (χ1v) is 7.81. The van der Waals surface area contributed by atoms with Gasteiger partial charge in [-0.3, -0.25) is 9.59 Å². The normalized spacial score (nSPS) is 10.7. The van der Waals surface area contributed by atoms with Gasteiger partial charge in [-0.2, -0.15) is 0 Å². The van der Waals surface area contributed by atoms with Gasteiger partial charge in [-0.05, 0) is 33.2 Å². The van der Waals surface area contributed by atoms with Crippen LogP contribution in [0.5, 0.6) is 0 Å². The smallest absolute Gasteiger partial charge is 0.230 e. The fourth-order valence-electron chi connectivity index (χ4n) is 1.96. The van der Waals surface area contributed by atoms with E-state index in [1.54, 1.807) is 35.6 Å². The second-order valence-corrected chi connectivity index (χ2v) is 6.27. The van der Waals surface area contributed by atoms with E-state index in [-0.39, 0.29) is 18.1 Å². The first-order chi connectivity index (χ1) is 10.4. The third-order valence-corrected chi connectivity index (χ3v) is 3.83. The summed E-state index contributed by atoms with van der Waals surface area (Å²) in [4.78, 5) is 29.9. The molecule has 0 saturated heterocycles. The number of benzene rings is 1. The lowest BCUT2D eigenvalue weighted by Crippen LogP contribution is -2.15. The maximum absolute atomic E-state index is 12.1. The summed E-state index contributed by atoms with van der Waals surface area (Å²) in [6.45, 7) is 2.27. The zero-order valence-electron chi connectivity index (χ0n) is 12.9. The standard InChI is InChI=1S/C16H19N3O2S/c1-11(20)12-5-4-6-13(7-12)17-15(21)8-14-10-22-16(18-14)9-19(2)3/h4-7,10H,8-9H2,1-3H3,(H,17,21). The molecule has 2 rings (SSSR count). The first kappa shape index (κ1) is 16.3. The van der Waals surface area contributed by atoms with Crippen LogP contribution in [0.3, 0.4) is 0 Å². The molecule has 0 fully saturated rings. The number of ketones is 1. The van der Waals surface area contributed by atoms with Crippen molar-refractivity contribution in [3.63, 3.8) is 0 Å². The zero-order valence-corrected chi connectivity index (χ0v) is 13.7. The van der Waals surface area contributed by atoms with Crippen LogP contribution < -0.4 is 5.32 Å². The molecule has 0 unspecified atom stereocenters. The summed E-state index contributed by atoms with van der Waals surface area (Å²) < 4.78 is 0. The van der Waals surface area contributed by atoms with Crippen LogP contribution in [0.2, 0.25) is 0 Å². The van der Waals surface area contributed by atoms with Crippen molar-refractivity contribution >= 4 is 28.7 Å². The molecule has 0 saturated carbocycles. The second-order valence-electron chi connectivity index (χ2n) is 5.33. The number of thiazole rings is 1. The van der Waals surface area contributed by atoms with Gasteiger partial charge in [0, 0.05) is 23.2 Å². The van der Waals surface area contributed by atoms with E-state index in [4.69, 9.17) is 0 Å². The molecule has 1 N–H and O–H groups in total. The van der Waals surface area contributed by atoms with Crippen molar-refractivity contribution < 1.29 is 9.59 Å². The molecule has 1 heterocycles. The third kappa shape index (κ3) is 4.75. The van der Waals surface area contributed by atoms with Crippen LogP contribution in [-0.2, 0) is 17.8 Å². The van der Waals surface area contributed by atoms with Crippen molar-refractivity contribution in [2.45, 2.75) is 19.9 Å². The molecule has 0 atom stereocenters. The van der Waals surface area contributed by atoms with Gasteiger partial charge in [0.25, 0.3) is 0 Å². The average Bonchev–Trinajstić information content (AvgIpc) is 2.85. The maximum Gasteiger partial charge on any atom is 0.230 e. The fourth-order valence-corrected chi connectivity index (χ4v) is 2.87. The topological polar surface area (TPSA) is 62.3 Å². The van der Waals surface area contributed by atoms with Gasteiger partial charge < -0.3 is 10.2 Å². The zero-order chi connectivity index (χ0) is 16.1. The number of anilines is 1. The quantitative estimate of drug-likeness (QED) is 0.832. The number of rotatable bonds is 6. The highest BCUT2D eigenvalue weighted by Crippen LogP contribution is 2.14. The van der Waals surface area contributed by atoms with Crippen LogP contribution in [0.4, 0.5) is 5.69 Å². The lowest BCUT2D eigenvalue weighted by molar-refractivity contribution is -0.115. The van der Waals surface area contributed by atoms with E-state index in [0.717, 1.165) is 17.2 Å². The Morgan fingerprint density at radius 1 is 1.32 bits per heavy atom. The van der Waals surface area contributed by atoms with Crippen molar-refractivity contribution in [2.24, 2.45) is 0 Å². The summed E-state index contributed by atoms with van der Waals surface area (Å²) >= 11 is 1.56. The predicted molar refractivity (Wildman–Crippen MR) is 88.3 cm³/mol. The molecule has 0 aliphatic heterocycles. The Morgan fingerprint density at radius 2 is 2.09 bits per heavy atom. The van der Waals surface area contributed by atoms with Gasteiger partial charge >= 0.3 is 0 Å². The molecule has 6 heteroatoms. The number of carbonyl (C=O) groups is 2. The molecule has 22 heavy (non-hydrogen) atoms. The van der Waals surface area contributed by atoms with Crippen LogP contribution in [0.25, 0.3) is 0 Å². The summed E-state index contributed by atoms with van der Waals surface area (Å²) in [6, 6.07) is 6.93. The Morgan fingerprint density at radius 3 is 2.77 bits per heavy atom. The second kappa shape index (κ2) is 7.29. The first-order valence-electron chi connectivity index (χ1n) is 6.93. The van der Waals surface area contributed by atoms with E-state index in [9.17, 15) is 9.59 Å². The summed E-state index contributed by atoms with van der Waals surface area (Å²) in [5.41, 5.74) is 1.98. The van der Waals surface area contributed by atoms with Crippen LogP contribution in [-0.4, -0.2) is 35.7 Å². The SMILES string of the molecule is CC(=O)c1cccc(NC(=O)Cc2csc(CN(C)C)n2)c1. The number of hydrogen-bond donors (Lipinski definition) is 1. The monoisotopic (exact) mass is 317 g/mol. The van der Waals surface area contributed by atoms with Crippen molar-refractivity contribution in [1.29, 1.82) is 0 Å². The summed E-state index contributed by atoms with van der Waals surface area (Å²) in [5.74, 6) is -0.161. The van der Waals surface area contributed by atoms with E-state index < -0.39 is 0 Å². The molecule has 5 nitrogen and oxygen atoms in total. The Hall–Kier alpha value is -2.05. The van der Waals surface area contributed by atoms with Crippen molar-refractivity contribution in [3.05, 3.63) is 45.9 Å². The lowest BCUT2D eigenvalue weighted by Gasteiger charge is -2.06. The summed E-state index contributed by atoms with van der Waals surface area (Å²) in [5, 5.41) is 5.70. The minimum absolute atomic E-state index is 0.0241. The molecule has 0 spiro atoms. The minimum atomic E-state index is -0.137. The Labute approximate surface area is 134 Å². The van der Waals surface area contributed by atoms with E-state index >= 15 is 0 Å². The van der Waals surface area contributed by atoms with Crippen LogP contribution in [0.1, 0.15) is 28.0 Å². The largest absolute Gasteiger partial charge is 0.326 e. The summed E-state index contributed by atoms with van der Waals surface area (Å²) in [6.07, 6.45) is 0.230. The van der Waals surface area contributed by atoms with Crippen molar-refractivity contribution in [2.75, 3.05) is 19.4 Å². The number of aromatic nitrogens is 1. The number of carbonyl (C=O) groups excluding carboxylic acids is 2. The van der Waals surface area contributed by atoms with Gasteiger partial charge in [0.05, 0.1) is 12.1 Å². The maximum atomic E-state index is 12.1. The van der Waals surface area contributed by atoms with Gasteiger partial charge in [0.2, 0.25) is 5.91 Å². The number of nitrogens with zero attached hydrogens (tertiary/aromatic N) is 2. The molecule has 0 aliphatic rings. The van der Waals surface area contributed by atoms with Gasteiger partial charge in [-0.15, -0.1) is 11.3 Å². The van der Waals surface area contributed by atoms with Gasteiger partial charge in [0.15, 0.2) is 5.78 Å². The Bertz CT molecular complexity index is 680. The number of Topliss-reactive ketones (excluding diaryl/α,β-unsaturated/α-hetero) is 1. The third-order valence-electron chi connectivity index (χ3n) is 2.95. The van der Waals surface area contributed by atoms with Gasteiger partial charge in [0.1, 0.15) is 5.01 Å². The van der Waals surface area contributed by atoms with Crippen molar-refractivity contribution in [1.82, 2.24) is 9.88 Å². The number of nitrogens with one attached hydrogen (secondary N) is 1. The highest BCUT2D eigenvalue weighted by Gasteiger charge is 2.09. The van der Waals surface area contributed by atoms with Crippen LogP contribution in [0.15, 0.2) is 29.6 Å². The Kier molecular flexibility index (Phi) is 5.41. The molecule has 1 amide bonds. The predicted octanol–water partition coefficient (Wildman–Crippen LogP) is 2.59. The number of amides is 1. The molecule has 0 radical (unpaired) electrons. The van der Waals surface area contributed by atoms with Crippen LogP contribution >= 0.6 is 11.3 Å². The van der Waals surface area contributed by atoms with E-state index in [1.165, 1.54) is 6.92 Å². The van der Waals surface area contributed by atoms with Crippen molar-refractivity contribution in [3.8, 4) is 0 Å². The fraction of sp³-hybridized carbons (Fsp3) is 0.312. The highest BCUT2D eigenvalue weighted by atomic mass is 32.1. The molecular formula is C16H19N3O2S. The minimum Gasteiger partial charge on any atom is -0.326 e. The van der Waals surface area contributed by atoms with Gasteiger partial charge in [-0.25, -0.2) is 4.98 Å². The molecule has 1 aromatic carbocycles. The van der Waals surface area contributed by atoms with E-state index in [2.05, 4.69) is 10.3 Å².